The van der Waals surface area contributed by atoms with Gasteiger partial charge in [0, 0.05) is 0 Å². The largest absolute Gasteiger partial charge is 2.00 e. The van der Waals surface area contributed by atoms with Crippen molar-refractivity contribution in [2.24, 2.45) is 11.3 Å². The first kappa shape index (κ1) is 14.2. The van der Waals surface area contributed by atoms with E-state index in [1.165, 1.54) is 25.7 Å². The van der Waals surface area contributed by atoms with E-state index in [1.807, 2.05) is 0 Å². The summed E-state index contributed by atoms with van der Waals surface area (Å²) in [4.78, 5) is 0. The zero-order chi connectivity index (χ0) is 6.91. The Morgan fingerprint density at radius 2 is 1.55 bits per heavy atom. The Bertz CT molecular complexity index is 91.0. The molecule has 0 aromatic rings. The summed E-state index contributed by atoms with van der Waals surface area (Å²) in [6.07, 6.45) is 5.51. The van der Waals surface area contributed by atoms with Gasteiger partial charge < -0.3 is 14.4 Å². The van der Waals surface area contributed by atoms with Gasteiger partial charge in [-0.25, -0.2) is 0 Å². The molecule has 0 saturated heterocycles. The van der Waals surface area contributed by atoms with Crippen LogP contribution in [-0.4, -0.2) is 0 Å². The number of rotatable bonds is 1. The molecule has 0 aromatic heterocycles. The summed E-state index contributed by atoms with van der Waals surface area (Å²) in [7, 11) is 0. The van der Waals surface area contributed by atoms with Crippen molar-refractivity contribution in [3.05, 3.63) is 14.4 Å². The molecule has 0 atom stereocenters. The van der Waals surface area contributed by atoms with Crippen molar-refractivity contribution < 1.29 is 21.1 Å². The van der Waals surface area contributed by atoms with Crippen molar-refractivity contribution in [3.8, 4) is 0 Å². The molecule has 0 aliphatic heterocycles. The minimum atomic E-state index is 0. The van der Waals surface area contributed by atoms with Gasteiger partial charge in [-0.15, -0.1) is 0 Å². The monoisotopic (exact) mass is 324 g/mol. The third kappa shape index (κ3) is 3.28. The molecule has 1 aliphatic rings. The van der Waals surface area contributed by atoms with Gasteiger partial charge in [-0.05, 0) is 0 Å². The normalized spacial score (nSPS) is 20.7. The second-order valence-electron chi connectivity index (χ2n) is 3.72. The van der Waals surface area contributed by atoms with Crippen LogP contribution < -0.4 is 0 Å². The molecule has 0 aromatic carbocycles. The van der Waals surface area contributed by atoms with Crippen LogP contribution in [0.1, 0.15) is 39.5 Å². The summed E-state index contributed by atoms with van der Waals surface area (Å²) < 4.78 is 0. The van der Waals surface area contributed by atoms with Gasteiger partial charge in [-0.3, -0.25) is 0 Å². The van der Waals surface area contributed by atoms with Crippen LogP contribution >= 0.6 is 0 Å². The van der Waals surface area contributed by atoms with Crippen LogP contribution in [0.15, 0.2) is 0 Å². The van der Waals surface area contributed by atoms with Crippen molar-refractivity contribution in [2.45, 2.75) is 39.5 Å². The SMILES string of the molecule is [CH2-]C1(C(C)C)CCCC1.[CH3-].[W+2]. The molecule has 66 valence electrons. The van der Waals surface area contributed by atoms with Crippen molar-refractivity contribution in [1.82, 2.24) is 0 Å². The predicted molar refractivity (Wildman–Crippen MR) is 47.5 cm³/mol. The summed E-state index contributed by atoms with van der Waals surface area (Å²) in [5, 5.41) is 0. The Morgan fingerprint density at radius 3 is 1.73 bits per heavy atom. The summed E-state index contributed by atoms with van der Waals surface area (Å²) in [5.74, 6) is 0.778. The molecule has 1 heteroatoms. The Kier molecular flexibility index (Phi) is 6.92. The molecule has 1 aliphatic carbocycles. The van der Waals surface area contributed by atoms with Crippen molar-refractivity contribution in [2.75, 3.05) is 0 Å². The van der Waals surface area contributed by atoms with E-state index in [0.29, 0.717) is 5.41 Å². The fourth-order valence-corrected chi connectivity index (χ4v) is 1.66. The fourth-order valence-electron chi connectivity index (χ4n) is 1.66. The summed E-state index contributed by atoms with van der Waals surface area (Å²) in [6, 6.07) is 0. The van der Waals surface area contributed by atoms with Gasteiger partial charge in [0.25, 0.3) is 0 Å². The summed E-state index contributed by atoms with van der Waals surface area (Å²) in [6.45, 7) is 8.85. The second kappa shape index (κ2) is 5.35. The first-order valence-electron chi connectivity index (χ1n) is 4.00. The van der Waals surface area contributed by atoms with Crippen LogP contribution in [0.3, 0.4) is 0 Å². The zero-order valence-corrected chi connectivity index (χ0v) is 11.0. The zero-order valence-electron chi connectivity index (χ0n) is 8.02. The van der Waals surface area contributed by atoms with Crippen LogP contribution in [-0.2, 0) is 21.1 Å². The van der Waals surface area contributed by atoms with Crippen LogP contribution in [0.4, 0.5) is 0 Å². The Labute approximate surface area is 86.4 Å². The third-order valence-electron chi connectivity index (χ3n) is 2.82. The van der Waals surface area contributed by atoms with Crippen LogP contribution in [0.25, 0.3) is 0 Å². The first-order chi connectivity index (χ1) is 4.15. The molecular weight excluding hydrogens is 304 g/mol. The van der Waals surface area contributed by atoms with Crippen LogP contribution in [0.2, 0.25) is 0 Å². The molecule has 0 unspecified atom stereocenters. The summed E-state index contributed by atoms with van der Waals surface area (Å²) in [5.41, 5.74) is 0.444. The van der Waals surface area contributed by atoms with E-state index in [2.05, 4.69) is 20.8 Å². The first-order valence-corrected chi connectivity index (χ1v) is 4.00. The molecule has 0 nitrogen and oxygen atoms in total. The molecule has 0 spiro atoms. The molecule has 0 heterocycles. The fraction of sp³-hybridized carbons (Fsp3) is 0.800. The van der Waals surface area contributed by atoms with Crippen molar-refractivity contribution in [1.29, 1.82) is 0 Å². The van der Waals surface area contributed by atoms with Gasteiger partial charge >= 0.3 is 21.1 Å². The minimum absolute atomic E-state index is 0. The topological polar surface area (TPSA) is 0 Å². The number of hydrogen-bond acceptors (Lipinski definition) is 0. The maximum atomic E-state index is 4.27. The van der Waals surface area contributed by atoms with Gasteiger partial charge in [-0.1, -0.05) is 45.4 Å². The summed E-state index contributed by atoms with van der Waals surface area (Å²) >= 11 is 0. The molecule has 0 amide bonds. The van der Waals surface area contributed by atoms with Crippen molar-refractivity contribution >= 4 is 0 Å². The van der Waals surface area contributed by atoms with E-state index in [4.69, 9.17) is 0 Å². The molecular formula is C10H20W. The standard InChI is InChI=1S/C9H17.CH3.W/c1-8(2)9(3)6-4-5-7-9;;/h8H,3-7H2,1-2H3;1H3;/q2*-1;+2. The van der Waals surface area contributed by atoms with Crippen LogP contribution in [0, 0.1) is 25.7 Å². The Morgan fingerprint density at radius 1 is 1.18 bits per heavy atom. The average molecular weight is 324 g/mol. The molecule has 1 rings (SSSR count). The van der Waals surface area contributed by atoms with E-state index >= 15 is 0 Å². The molecule has 0 N–H and O–H groups in total. The van der Waals surface area contributed by atoms with Gasteiger partial charge in [-0.2, -0.15) is 5.41 Å². The maximum Gasteiger partial charge on any atom is 2.00 e. The number of hydrogen-bond donors (Lipinski definition) is 0. The van der Waals surface area contributed by atoms with E-state index in [9.17, 15) is 0 Å². The second-order valence-corrected chi connectivity index (χ2v) is 3.72. The predicted octanol–water partition coefficient (Wildman–Crippen LogP) is 3.48. The molecule has 0 bridgehead atoms. The van der Waals surface area contributed by atoms with Crippen LogP contribution in [0.5, 0.6) is 0 Å². The Hall–Kier alpha value is 0.688. The average Bonchev–Trinajstić information content (AvgIpc) is 2.16. The van der Waals surface area contributed by atoms with E-state index in [1.54, 1.807) is 0 Å². The minimum Gasteiger partial charge on any atom is -0.358 e. The van der Waals surface area contributed by atoms with Gasteiger partial charge in [0.2, 0.25) is 0 Å². The van der Waals surface area contributed by atoms with E-state index in [-0.39, 0.29) is 28.5 Å². The molecule has 11 heavy (non-hydrogen) atoms. The third-order valence-corrected chi connectivity index (χ3v) is 2.82. The van der Waals surface area contributed by atoms with E-state index in [0.717, 1.165) is 5.92 Å². The smallest absolute Gasteiger partial charge is 0.358 e. The van der Waals surface area contributed by atoms with E-state index < -0.39 is 0 Å². The van der Waals surface area contributed by atoms with Gasteiger partial charge in [0.1, 0.15) is 0 Å². The Balaban J connectivity index is 0. The maximum absolute atomic E-state index is 4.27. The quantitative estimate of drug-likeness (QED) is 0.648. The molecule has 1 fully saturated rings. The molecule has 1 saturated carbocycles. The van der Waals surface area contributed by atoms with Crippen molar-refractivity contribution in [3.63, 3.8) is 0 Å². The van der Waals surface area contributed by atoms with Gasteiger partial charge in [0.05, 0.1) is 0 Å². The van der Waals surface area contributed by atoms with Gasteiger partial charge in [0.15, 0.2) is 0 Å². The molecule has 0 radical (unpaired) electrons.